The topological polar surface area (TPSA) is 70.2 Å². The number of likely N-dealkylation sites (tertiary alicyclic amines) is 1. The van der Waals surface area contributed by atoms with Gasteiger partial charge in [-0.2, -0.15) is 5.10 Å². The molecule has 9 heteroatoms. The molecule has 2 fully saturated rings. The zero-order valence-corrected chi connectivity index (χ0v) is 16.5. The third kappa shape index (κ3) is 2.94. The highest BCUT2D eigenvalue weighted by molar-refractivity contribution is 7.18. The fraction of sp³-hybridized carbons (Fsp3) is 0.421. The van der Waals surface area contributed by atoms with Gasteiger partial charge in [0.1, 0.15) is 11.6 Å². The largest absolute Gasteiger partial charge is 0.496 e. The zero-order chi connectivity index (χ0) is 19.3. The smallest absolute Gasteiger partial charge is 0.208 e. The van der Waals surface area contributed by atoms with E-state index in [-0.39, 0.29) is 5.82 Å². The Balaban J connectivity index is 1.44. The molecule has 2 unspecified atom stereocenters. The number of hydrogen-bond donors (Lipinski definition) is 1. The first-order valence-electron chi connectivity index (χ1n) is 9.26. The molecule has 2 aliphatic rings. The summed E-state index contributed by atoms with van der Waals surface area (Å²) in [6.45, 7) is 4.24. The molecule has 5 rings (SSSR count). The Labute approximate surface area is 166 Å². The lowest BCUT2D eigenvalue weighted by Crippen LogP contribution is -2.26. The summed E-state index contributed by atoms with van der Waals surface area (Å²) >= 11 is 1.42. The number of anilines is 1. The number of nitrogens with zero attached hydrogens (tertiary/aromatic N) is 5. The quantitative estimate of drug-likeness (QED) is 0.726. The molecule has 146 valence electrons. The predicted molar refractivity (Wildman–Crippen MR) is 106 cm³/mol. The molecule has 1 aromatic carbocycles. The van der Waals surface area contributed by atoms with Gasteiger partial charge in [0.2, 0.25) is 5.13 Å². The summed E-state index contributed by atoms with van der Waals surface area (Å²) in [4.78, 5) is 4.67. The van der Waals surface area contributed by atoms with E-state index in [2.05, 4.69) is 37.2 Å². The highest BCUT2D eigenvalue weighted by Crippen LogP contribution is 2.41. The first-order valence-corrected chi connectivity index (χ1v) is 10.1. The summed E-state index contributed by atoms with van der Waals surface area (Å²) in [6.07, 6.45) is 3.37. The molecule has 0 saturated carbocycles. The third-order valence-corrected chi connectivity index (χ3v) is 6.67. The molecule has 2 saturated heterocycles. The van der Waals surface area contributed by atoms with Crippen molar-refractivity contribution in [3.05, 3.63) is 30.3 Å². The first kappa shape index (κ1) is 17.6. The van der Waals surface area contributed by atoms with Crippen LogP contribution in [0, 0.1) is 17.7 Å². The molecular formula is C19H21FN6OS. The van der Waals surface area contributed by atoms with Gasteiger partial charge in [-0.05, 0) is 36.6 Å². The number of H-pyrrole nitrogens is 1. The van der Waals surface area contributed by atoms with Gasteiger partial charge in [-0.25, -0.2) is 4.39 Å². The highest BCUT2D eigenvalue weighted by Gasteiger charge is 2.39. The van der Waals surface area contributed by atoms with Crippen LogP contribution < -0.4 is 9.64 Å². The molecule has 0 radical (unpaired) electrons. The van der Waals surface area contributed by atoms with Crippen LogP contribution in [0.3, 0.4) is 0 Å². The molecule has 3 aromatic rings. The fourth-order valence-electron chi connectivity index (χ4n) is 4.35. The standard InChI is InChI=1S/C19H21FN6OS/c1-25-7-13-9-26(10-14(13)8-25)19-24-23-18(28-19)17-15(20)3-11(4-16(17)27-2)12-5-21-22-6-12/h3-6,13-14H,7-10H2,1-2H3,(H,21,22). The van der Waals surface area contributed by atoms with Crippen LogP contribution in [0.4, 0.5) is 9.52 Å². The Morgan fingerprint density at radius 1 is 1.14 bits per heavy atom. The van der Waals surface area contributed by atoms with Crippen molar-refractivity contribution in [1.29, 1.82) is 0 Å². The molecule has 1 N–H and O–H groups in total. The van der Waals surface area contributed by atoms with E-state index in [1.54, 1.807) is 18.5 Å². The second-order valence-corrected chi connectivity index (χ2v) is 8.51. The van der Waals surface area contributed by atoms with Crippen molar-refractivity contribution in [3.63, 3.8) is 0 Å². The number of nitrogens with one attached hydrogen (secondary N) is 1. The van der Waals surface area contributed by atoms with Gasteiger partial charge in [0.15, 0.2) is 5.01 Å². The van der Waals surface area contributed by atoms with Crippen LogP contribution in [0.1, 0.15) is 0 Å². The minimum absolute atomic E-state index is 0.359. The van der Waals surface area contributed by atoms with E-state index in [0.717, 1.165) is 36.9 Å². The van der Waals surface area contributed by atoms with Crippen molar-refractivity contribution in [2.75, 3.05) is 45.2 Å². The number of fused-ring (bicyclic) bond motifs is 1. The molecule has 28 heavy (non-hydrogen) atoms. The number of benzene rings is 1. The molecule has 0 aliphatic carbocycles. The van der Waals surface area contributed by atoms with Gasteiger partial charge in [-0.3, -0.25) is 5.10 Å². The Morgan fingerprint density at radius 2 is 1.93 bits per heavy atom. The molecule has 4 heterocycles. The van der Waals surface area contributed by atoms with E-state index in [4.69, 9.17) is 4.74 Å². The maximum Gasteiger partial charge on any atom is 0.208 e. The maximum absolute atomic E-state index is 15.0. The van der Waals surface area contributed by atoms with Crippen molar-refractivity contribution in [2.24, 2.45) is 11.8 Å². The van der Waals surface area contributed by atoms with Gasteiger partial charge in [-0.15, -0.1) is 10.2 Å². The Hall–Kier alpha value is -2.52. The van der Waals surface area contributed by atoms with Crippen LogP contribution in [0.2, 0.25) is 0 Å². The number of hydrogen-bond acceptors (Lipinski definition) is 7. The Bertz CT molecular complexity index is 976. The predicted octanol–water partition coefficient (Wildman–Crippen LogP) is 2.74. The number of methoxy groups -OCH3 is 1. The lowest BCUT2D eigenvalue weighted by molar-refractivity contribution is 0.387. The second-order valence-electron chi connectivity index (χ2n) is 7.56. The molecule has 0 amide bonds. The molecular weight excluding hydrogens is 379 g/mol. The SMILES string of the molecule is COc1cc(-c2cn[nH]c2)cc(F)c1-c1nnc(N2CC3CN(C)CC3C2)s1. The lowest BCUT2D eigenvalue weighted by atomic mass is 10.0. The summed E-state index contributed by atoms with van der Waals surface area (Å²) in [5.41, 5.74) is 1.86. The molecule has 0 bridgehead atoms. The van der Waals surface area contributed by atoms with Gasteiger partial charge in [0.25, 0.3) is 0 Å². The van der Waals surface area contributed by atoms with Crippen molar-refractivity contribution in [3.8, 4) is 27.4 Å². The normalized spacial score (nSPS) is 22.0. The number of aromatic amines is 1. The van der Waals surface area contributed by atoms with Crippen molar-refractivity contribution in [1.82, 2.24) is 25.3 Å². The van der Waals surface area contributed by atoms with Crippen LogP contribution >= 0.6 is 11.3 Å². The monoisotopic (exact) mass is 400 g/mol. The minimum atomic E-state index is -0.377. The average Bonchev–Trinajstić information content (AvgIpc) is 3.44. The summed E-state index contributed by atoms with van der Waals surface area (Å²) in [7, 11) is 3.71. The van der Waals surface area contributed by atoms with E-state index in [1.165, 1.54) is 24.5 Å². The molecule has 2 aromatic heterocycles. The van der Waals surface area contributed by atoms with Crippen LogP contribution in [0.5, 0.6) is 5.75 Å². The van der Waals surface area contributed by atoms with Crippen LogP contribution in [0.15, 0.2) is 24.5 Å². The summed E-state index contributed by atoms with van der Waals surface area (Å²) in [6, 6.07) is 3.29. The molecule has 2 atom stereocenters. The highest BCUT2D eigenvalue weighted by atomic mass is 32.1. The van der Waals surface area contributed by atoms with E-state index < -0.39 is 0 Å². The van der Waals surface area contributed by atoms with Gasteiger partial charge in [0.05, 0.1) is 18.9 Å². The van der Waals surface area contributed by atoms with E-state index in [1.807, 2.05) is 0 Å². The Kier molecular flexibility index (Phi) is 4.28. The number of halogens is 1. The molecule has 0 spiro atoms. The van der Waals surface area contributed by atoms with Crippen molar-refractivity contribution < 1.29 is 9.13 Å². The van der Waals surface area contributed by atoms with E-state index in [9.17, 15) is 0 Å². The van der Waals surface area contributed by atoms with E-state index in [0.29, 0.717) is 33.7 Å². The van der Waals surface area contributed by atoms with Crippen LogP contribution in [-0.4, -0.2) is 65.6 Å². The fourth-order valence-corrected chi connectivity index (χ4v) is 5.27. The summed E-state index contributed by atoms with van der Waals surface area (Å²) in [5, 5.41) is 16.7. The summed E-state index contributed by atoms with van der Waals surface area (Å²) < 4.78 is 20.5. The third-order valence-electron chi connectivity index (χ3n) is 5.67. The Morgan fingerprint density at radius 3 is 2.61 bits per heavy atom. The molecule has 2 aliphatic heterocycles. The van der Waals surface area contributed by atoms with Crippen LogP contribution in [0.25, 0.3) is 21.7 Å². The molecule has 7 nitrogen and oxygen atoms in total. The number of aromatic nitrogens is 4. The summed E-state index contributed by atoms with van der Waals surface area (Å²) in [5.74, 6) is 1.42. The van der Waals surface area contributed by atoms with Crippen molar-refractivity contribution in [2.45, 2.75) is 0 Å². The van der Waals surface area contributed by atoms with Crippen LogP contribution in [-0.2, 0) is 0 Å². The van der Waals surface area contributed by atoms with Crippen molar-refractivity contribution >= 4 is 16.5 Å². The minimum Gasteiger partial charge on any atom is -0.496 e. The first-order chi connectivity index (χ1) is 13.6. The number of ether oxygens (including phenoxy) is 1. The zero-order valence-electron chi connectivity index (χ0n) is 15.7. The van der Waals surface area contributed by atoms with Gasteiger partial charge in [-0.1, -0.05) is 11.3 Å². The average molecular weight is 400 g/mol. The van der Waals surface area contributed by atoms with Gasteiger partial charge < -0.3 is 14.5 Å². The van der Waals surface area contributed by atoms with E-state index >= 15 is 4.39 Å². The van der Waals surface area contributed by atoms with Gasteiger partial charge >= 0.3 is 0 Å². The lowest BCUT2D eigenvalue weighted by Gasteiger charge is -2.17. The van der Waals surface area contributed by atoms with Gasteiger partial charge in [0, 0.05) is 37.9 Å². The second kappa shape index (κ2) is 6.82. The maximum atomic E-state index is 15.0. The number of rotatable bonds is 4.